The number of hydrogen-bond acceptors (Lipinski definition) is 2. The largest absolute Gasteiger partial charge is 4.00 e. The van der Waals surface area contributed by atoms with Gasteiger partial charge in [0.1, 0.15) is 0 Å². The molecule has 0 aromatic heterocycles. The molecule has 0 aliphatic carbocycles. The van der Waals surface area contributed by atoms with Crippen molar-refractivity contribution in [3.63, 3.8) is 0 Å². The van der Waals surface area contributed by atoms with E-state index in [4.69, 9.17) is 5.11 Å². The van der Waals surface area contributed by atoms with Crippen molar-refractivity contribution in [2.24, 2.45) is 0 Å². The monoisotopic (exact) mass is 705 g/mol. The second-order valence-electron chi connectivity index (χ2n) is 7.12. The standard InChI is InChI=1S/C7H8O.C7H7O.4C5H5.CH3.ClH.2Zr/c2*8-6-7-4-2-1-3-5-7;4*1-2-4-5-3-1;;;;/h1-5,8H,6H2;1-5H,6H2;4*1-5H;1H3;1H;;/q;6*-1;;+3;+4/p-1. The number of hydrogen-bond donors (Lipinski definition) is 1. The van der Waals surface area contributed by atoms with Crippen LogP contribution in [0.25, 0.3) is 0 Å². The zero-order chi connectivity index (χ0) is 25.8. The number of aliphatic hydroxyl groups is 1. The predicted octanol–water partition coefficient (Wildman–Crippen LogP) is 4.80. The molecule has 6 aromatic rings. The van der Waals surface area contributed by atoms with E-state index in [1.807, 2.05) is 182 Å². The van der Waals surface area contributed by atoms with E-state index < -0.39 is 0 Å². The van der Waals surface area contributed by atoms with Crippen LogP contribution >= 0.6 is 0 Å². The van der Waals surface area contributed by atoms with Crippen molar-refractivity contribution in [1.82, 2.24) is 0 Å². The Bertz CT molecular complexity index is 864. The van der Waals surface area contributed by atoms with Gasteiger partial charge in [0, 0.05) is 0 Å². The summed E-state index contributed by atoms with van der Waals surface area (Å²) in [7, 11) is 0. The van der Waals surface area contributed by atoms with Gasteiger partial charge in [-0.25, -0.2) is 48.5 Å². The van der Waals surface area contributed by atoms with Gasteiger partial charge in [0.25, 0.3) is 0 Å². The van der Waals surface area contributed by atoms with Crippen LogP contribution in [0.2, 0.25) is 0 Å². The van der Waals surface area contributed by atoms with E-state index in [1.165, 1.54) is 0 Å². The minimum atomic E-state index is -0.110. The number of rotatable bonds is 2. The van der Waals surface area contributed by atoms with Crippen molar-refractivity contribution in [2.45, 2.75) is 13.2 Å². The molecule has 6 aromatic carbocycles. The molecule has 205 valence electrons. The van der Waals surface area contributed by atoms with Crippen LogP contribution in [0, 0.1) is 7.43 Å². The molecule has 0 saturated heterocycles. The summed E-state index contributed by atoms with van der Waals surface area (Å²) < 4.78 is 0. The van der Waals surface area contributed by atoms with Crippen LogP contribution < -0.4 is 17.5 Å². The molecule has 0 bridgehead atoms. The molecule has 5 heteroatoms. The average molecular weight is 709 g/mol. The smallest absolute Gasteiger partial charge is 1.00 e. The summed E-state index contributed by atoms with van der Waals surface area (Å²) in [5.41, 5.74) is 1.82. The quantitative estimate of drug-likeness (QED) is 0.263. The molecule has 0 heterocycles. The van der Waals surface area contributed by atoms with E-state index in [2.05, 4.69) is 0 Å². The van der Waals surface area contributed by atoms with Crippen molar-refractivity contribution in [1.29, 1.82) is 0 Å². The normalized spacial score (nSPS) is 7.65. The molecule has 6 rings (SSSR count). The second kappa shape index (κ2) is 36.8. The zero-order valence-electron chi connectivity index (χ0n) is 23.0. The summed E-state index contributed by atoms with van der Waals surface area (Å²) in [5.74, 6) is 0. The van der Waals surface area contributed by atoms with E-state index in [-0.39, 0.29) is 85.5 Å². The van der Waals surface area contributed by atoms with E-state index in [0.29, 0.717) is 0 Å². The Labute approximate surface area is 286 Å². The molecule has 2 nitrogen and oxygen atoms in total. The molecule has 0 amide bonds. The van der Waals surface area contributed by atoms with Crippen LogP contribution in [0.5, 0.6) is 0 Å². The summed E-state index contributed by atoms with van der Waals surface area (Å²) in [6.45, 7) is 0.0294. The molecular formula is C35H38ClO2Zr2. The fraction of sp³-hybridized carbons (Fsp3) is 0.0571. The van der Waals surface area contributed by atoms with Crippen molar-refractivity contribution in [2.75, 3.05) is 0 Å². The molecule has 0 spiro atoms. The summed E-state index contributed by atoms with van der Waals surface area (Å²) in [6, 6.07) is 58.8. The van der Waals surface area contributed by atoms with E-state index in [9.17, 15) is 5.11 Å². The fourth-order valence-electron chi connectivity index (χ4n) is 2.44. The molecule has 0 saturated carbocycles. The van der Waals surface area contributed by atoms with Gasteiger partial charge in [-0.2, -0.15) is 72.8 Å². The van der Waals surface area contributed by atoms with Gasteiger partial charge in [0.15, 0.2) is 0 Å². The Balaban J connectivity index is -0.000000193. The van der Waals surface area contributed by atoms with E-state index >= 15 is 0 Å². The first kappa shape index (κ1) is 44.8. The third-order valence-corrected chi connectivity index (χ3v) is 4.26. The molecular weight excluding hydrogens is 670 g/mol. The van der Waals surface area contributed by atoms with Crippen molar-refractivity contribution >= 4 is 0 Å². The third-order valence-electron chi connectivity index (χ3n) is 4.26. The minimum Gasteiger partial charge on any atom is -1.00 e. The Morgan fingerprint density at radius 1 is 0.475 bits per heavy atom. The topological polar surface area (TPSA) is 43.3 Å². The van der Waals surface area contributed by atoms with Gasteiger partial charge >= 0.3 is 52.4 Å². The van der Waals surface area contributed by atoms with Crippen LogP contribution in [-0.2, 0) is 65.6 Å². The average Bonchev–Trinajstić information content (AvgIpc) is 3.81. The van der Waals surface area contributed by atoms with Gasteiger partial charge in [-0.15, -0.1) is 6.61 Å². The van der Waals surface area contributed by atoms with Crippen molar-refractivity contribution in [3.05, 3.63) is 201 Å². The van der Waals surface area contributed by atoms with Gasteiger partial charge in [-0.05, 0) is 5.56 Å². The Morgan fingerprint density at radius 3 is 0.850 bits per heavy atom. The summed E-state index contributed by atoms with van der Waals surface area (Å²) in [4.78, 5) is 0. The molecule has 0 aliphatic rings. The maximum atomic E-state index is 10.1. The Morgan fingerprint density at radius 2 is 0.725 bits per heavy atom. The molecule has 0 aliphatic heterocycles. The van der Waals surface area contributed by atoms with E-state index in [1.54, 1.807) is 0 Å². The van der Waals surface area contributed by atoms with Crippen LogP contribution in [0.15, 0.2) is 182 Å². The first-order chi connectivity index (χ1) is 17.9. The molecule has 1 radical (unpaired) electrons. The molecule has 1 N–H and O–H groups in total. The Kier molecular flexibility index (Phi) is 41.3. The summed E-state index contributed by atoms with van der Waals surface area (Å²) in [5, 5.41) is 18.7. The maximum absolute atomic E-state index is 10.1. The summed E-state index contributed by atoms with van der Waals surface area (Å²) in [6.07, 6.45) is 0. The predicted molar refractivity (Wildman–Crippen MR) is 157 cm³/mol. The minimum absolute atomic E-state index is 0. The van der Waals surface area contributed by atoms with Gasteiger partial charge in [0.2, 0.25) is 0 Å². The number of benzene rings is 2. The molecule has 0 fully saturated rings. The second-order valence-corrected chi connectivity index (χ2v) is 7.12. The summed E-state index contributed by atoms with van der Waals surface area (Å²) >= 11 is 0. The number of aliphatic hydroxyl groups excluding tert-OH is 1. The van der Waals surface area contributed by atoms with Crippen molar-refractivity contribution < 1.29 is 75.0 Å². The van der Waals surface area contributed by atoms with Gasteiger partial charge in [0.05, 0.1) is 6.61 Å². The van der Waals surface area contributed by atoms with Crippen LogP contribution in [-0.4, -0.2) is 5.11 Å². The van der Waals surface area contributed by atoms with Crippen molar-refractivity contribution in [3.8, 4) is 0 Å². The van der Waals surface area contributed by atoms with Crippen LogP contribution in [0.1, 0.15) is 11.1 Å². The molecule has 0 unspecified atom stereocenters. The number of halogens is 1. The van der Waals surface area contributed by atoms with Crippen LogP contribution in [0.3, 0.4) is 0 Å². The first-order valence-electron chi connectivity index (χ1n) is 11.8. The molecule has 0 atom stereocenters. The van der Waals surface area contributed by atoms with Crippen LogP contribution in [0.4, 0.5) is 0 Å². The molecule has 40 heavy (non-hydrogen) atoms. The fourth-order valence-corrected chi connectivity index (χ4v) is 2.44. The first-order valence-corrected chi connectivity index (χ1v) is 11.8. The Hall–Kier alpha value is -2.18. The van der Waals surface area contributed by atoms with Gasteiger partial charge in [-0.1, -0.05) is 66.2 Å². The zero-order valence-corrected chi connectivity index (χ0v) is 28.6. The SMILES string of the molecule is OCc1ccccc1.[CH3-].[Cl-].[O-]Cc1ccccc1.[Zr+3].[Zr+4].c1cc[cH-]c1.c1cc[cH-]c1.c1cc[cH-]c1.c1cc[cH-]c1. The van der Waals surface area contributed by atoms with Gasteiger partial charge in [-0.3, -0.25) is 0 Å². The maximum Gasteiger partial charge on any atom is 4.00 e. The third kappa shape index (κ3) is 30.4. The van der Waals surface area contributed by atoms with Gasteiger partial charge < -0.3 is 30.0 Å². The van der Waals surface area contributed by atoms with E-state index in [0.717, 1.165) is 11.1 Å².